The van der Waals surface area contributed by atoms with E-state index < -0.39 is 0 Å². The third-order valence-corrected chi connectivity index (χ3v) is 2.48. The Morgan fingerprint density at radius 1 is 1.18 bits per heavy atom. The fourth-order valence-corrected chi connectivity index (χ4v) is 1.74. The standard InChI is InChI=1S/C12H22N4O/c1-4-7-10-13-11(15-14-10)12(17)16(8-5-2)9-6-3/h4-9H2,1-3H3,(H,13,14,15). The van der Waals surface area contributed by atoms with Crippen LogP contribution in [-0.2, 0) is 6.42 Å². The molecule has 0 aliphatic heterocycles. The first-order chi connectivity index (χ1) is 8.22. The summed E-state index contributed by atoms with van der Waals surface area (Å²) in [7, 11) is 0. The van der Waals surface area contributed by atoms with E-state index in [-0.39, 0.29) is 5.91 Å². The van der Waals surface area contributed by atoms with Gasteiger partial charge in [-0.15, -0.1) is 5.10 Å². The van der Waals surface area contributed by atoms with E-state index in [1.165, 1.54) is 0 Å². The molecule has 5 nitrogen and oxygen atoms in total. The predicted molar refractivity (Wildman–Crippen MR) is 66.9 cm³/mol. The number of carbonyl (C=O) groups is 1. The summed E-state index contributed by atoms with van der Waals surface area (Å²) < 4.78 is 0. The average molecular weight is 238 g/mol. The van der Waals surface area contributed by atoms with E-state index in [1.54, 1.807) is 0 Å². The quantitative estimate of drug-likeness (QED) is 0.790. The minimum atomic E-state index is -0.0627. The molecule has 1 N–H and O–H groups in total. The molecular weight excluding hydrogens is 216 g/mol. The highest BCUT2D eigenvalue weighted by Crippen LogP contribution is 2.03. The summed E-state index contributed by atoms with van der Waals surface area (Å²) in [5.41, 5.74) is 0. The molecule has 1 aromatic rings. The molecule has 1 rings (SSSR count). The first-order valence-electron chi connectivity index (χ1n) is 6.43. The van der Waals surface area contributed by atoms with Crippen LogP contribution in [0.25, 0.3) is 0 Å². The zero-order valence-corrected chi connectivity index (χ0v) is 11.0. The molecule has 0 spiro atoms. The van der Waals surface area contributed by atoms with Gasteiger partial charge in [-0.2, -0.15) is 0 Å². The fourth-order valence-electron chi connectivity index (χ4n) is 1.74. The molecule has 0 saturated carbocycles. The van der Waals surface area contributed by atoms with Crippen LogP contribution in [0, 0.1) is 0 Å². The second-order valence-corrected chi connectivity index (χ2v) is 4.15. The number of nitrogens with one attached hydrogen (secondary N) is 1. The van der Waals surface area contributed by atoms with Crippen molar-refractivity contribution in [3.05, 3.63) is 11.6 Å². The van der Waals surface area contributed by atoms with E-state index >= 15 is 0 Å². The van der Waals surface area contributed by atoms with E-state index in [1.807, 2.05) is 4.90 Å². The molecule has 5 heteroatoms. The number of aryl methyl sites for hydroxylation is 1. The van der Waals surface area contributed by atoms with Crippen LogP contribution in [0.4, 0.5) is 0 Å². The smallest absolute Gasteiger partial charge is 0.293 e. The van der Waals surface area contributed by atoms with Gasteiger partial charge in [0, 0.05) is 19.5 Å². The predicted octanol–water partition coefficient (Wildman–Crippen LogP) is 2.02. The van der Waals surface area contributed by atoms with Crippen molar-refractivity contribution in [2.24, 2.45) is 0 Å². The van der Waals surface area contributed by atoms with Crippen LogP contribution >= 0.6 is 0 Å². The largest absolute Gasteiger partial charge is 0.336 e. The van der Waals surface area contributed by atoms with Crippen molar-refractivity contribution in [1.82, 2.24) is 20.1 Å². The number of aromatic nitrogens is 3. The Morgan fingerprint density at radius 2 is 1.82 bits per heavy atom. The topological polar surface area (TPSA) is 61.9 Å². The van der Waals surface area contributed by atoms with Crippen molar-refractivity contribution in [1.29, 1.82) is 0 Å². The Bertz CT molecular complexity index is 342. The zero-order chi connectivity index (χ0) is 12.7. The van der Waals surface area contributed by atoms with Crippen LogP contribution in [0.5, 0.6) is 0 Å². The summed E-state index contributed by atoms with van der Waals surface area (Å²) in [6, 6.07) is 0. The van der Waals surface area contributed by atoms with Gasteiger partial charge in [-0.25, -0.2) is 4.98 Å². The Labute approximate surface area is 103 Å². The van der Waals surface area contributed by atoms with Crippen molar-refractivity contribution in [3.8, 4) is 0 Å². The Balaban J connectivity index is 2.70. The zero-order valence-electron chi connectivity index (χ0n) is 11.0. The molecule has 17 heavy (non-hydrogen) atoms. The maximum atomic E-state index is 12.1. The van der Waals surface area contributed by atoms with E-state index in [2.05, 4.69) is 36.0 Å². The van der Waals surface area contributed by atoms with Gasteiger partial charge < -0.3 is 4.90 Å². The summed E-state index contributed by atoms with van der Waals surface area (Å²) in [5.74, 6) is 1.03. The first kappa shape index (κ1) is 13.7. The lowest BCUT2D eigenvalue weighted by molar-refractivity contribution is 0.0743. The monoisotopic (exact) mass is 238 g/mol. The fraction of sp³-hybridized carbons (Fsp3) is 0.750. The molecule has 0 unspecified atom stereocenters. The molecule has 0 fully saturated rings. The van der Waals surface area contributed by atoms with E-state index in [0.717, 1.165) is 44.6 Å². The molecule has 0 aliphatic carbocycles. The molecule has 0 bridgehead atoms. The minimum Gasteiger partial charge on any atom is -0.336 e. The Kier molecular flexibility index (Phi) is 5.66. The molecule has 0 atom stereocenters. The number of amides is 1. The van der Waals surface area contributed by atoms with E-state index in [9.17, 15) is 4.79 Å². The second kappa shape index (κ2) is 7.04. The number of H-pyrrole nitrogens is 1. The summed E-state index contributed by atoms with van der Waals surface area (Å²) in [4.78, 5) is 18.2. The van der Waals surface area contributed by atoms with Crippen LogP contribution in [0.15, 0.2) is 0 Å². The van der Waals surface area contributed by atoms with Crippen LogP contribution in [-0.4, -0.2) is 39.1 Å². The third-order valence-electron chi connectivity index (χ3n) is 2.48. The van der Waals surface area contributed by atoms with Gasteiger partial charge in [-0.1, -0.05) is 20.8 Å². The van der Waals surface area contributed by atoms with Gasteiger partial charge in [0.2, 0.25) is 5.82 Å². The number of hydrogen-bond donors (Lipinski definition) is 1. The van der Waals surface area contributed by atoms with Crippen LogP contribution in [0.1, 0.15) is 56.5 Å². The number of carbonyl (C=O) groups excluding carboxylic acids is 1. The second-order valence-electron chi connectivity index (χ2n) is 4.15. The van der Waals surface area contributed by atoms with Gasteiger partial charge in [0.15, 0.2) is 0 Å². The van der Waals surface area contributed by atoms with E-state index in [4.69, 9.17) is 0 Å². The highest BCUT2D eigenvalue weighted by atomic mass is 16.2. The van der Waals surface area contributed by atoms with Gasteiger partial charge in [-0.3, -0.25) is 9.89 Å². The molecule has 0 radical (unpaired) electrons. The number of hydrogen-bond acceptors (Lipinski definition) is 3. The van der Waals surface area contributed by atoms with Gasteiger partial charge in [0.1, 0.15) is 5.82 Å². The molecule has 1 heterocycles. The van der Waals surface area contributed by atoms with Crippen molar-refractivity contribution in [2.75, 3.05) is 13.1 Å². The van der Waals surface area contributed by atoms with Crippen molar-refractivity contribution < 1.29 is 4.79 Å². The molecular formula is C12H22N4O. The first-order valence-corrected chi connectivity index (χ1v) is 6.43. The molecule has 0 aromatic carbocycles. The van der Waals surface area contributed by atoms with Crippen LogP contribution in [0.3, 0.4) is 0 Å². The van der Waals surface area contributed by atoms with Gasteiger partial charge in [0.05, 0.1) is 0 Å². The normalized spacial score (nSPS) is 10.5. The number of rotatable bonds is 7. The van der Waals surface area contributed by atoms with E-state index in [0.29, 0.717) is 5.82 Å². The van der Waals surface area contributed by atoms with Crippen molar-refractivity contribution >= 4 is 5.91 Å². The highest BCUT2D eigenvalue weighted by molar-refractivity contribution is 5.90. The summed E-state index contributed by atoms with van der Waals surface area (Å²) >= 11 is 0. The summed E-state index contributed by atoms with van der Waals surface area (Å²) in [6.07, 6.45) is 3.74. The molecule has 0 aliphatic rings. The lowest BCUT2D eigenvalue weighted by atomic mass is 10.3. The maximum Gasteiger partial charge on any atom is 0.293 e. The average Bonchev–Trinajstić information content (AvgIpc) is 2.77. The third kappa shape index (κ3) is 3.84. The number of aromatic amines is 1. The van der Waals surface area contributed by atoms with Gasteiger partial charge in [0.25, 0.3) is 5.91 Å². The Morgan fingerprint density at radius 3 is 2.35 bits per heavy atom. The van der Waals surface area contributed by atoms with Gasteiger partial charge in [-0.05, 0) is 19.3 Å². The minimum absolute atomic E-state index is 0.0627. The van der Waals surface area contributed by atoms with Gasteiger partial charge >= 0.3 is 0 Å². The number of nitrogens with zero attached hydrogens (tertiary/aromatic N) is 3. The SMILES string of the molecule is CCCc1nc(C(=O)N(CCC)CCC)n[nH]1. The lowest BCUT2D eigenvalue weighted by Gasteiger charge is -2.19. The molecule has 96 valence electrons. The molecule has 0 saturated heterocycles. The van der Waals surface area contributed by atoms with Crippen molar-refractivity contribution in [3.63, 3.8) is 0 Å². The summed E-state index contributed by atoms with van der Waals surface area (Å²) in [6.45, 7) is 7.74. The molecule has 1 amide bonds. The van der Waals surface area contributed by atoms with Crippen LogP contribution < -0.4 is 0 Å². The molecule has 1 aromatic heterocycles. The Hall–Kier alpha value is -1.39. The van der Waals surface area contributed by atoms with Crippen molar-refractivity contribution in [2.45, 2.75) is 46.5 Å². The van der Waals surface area contributed by atoms with Crippen LogP contribution in [0.2, 0.25) is 0 Å². The lowest BCUT2D eigenvalue weighted by Crippen LogP contribution is -2.33. The highest BCUT2D eigenvalue weighted by Gasteiger charge is 2.18. The maximum absolute atomic E-state index is 12.1. The summed E-state index contributed by atoms with van der Waals surface area (Å²) in [5, 5.41) is 6.81.